The quantitative estimate of drug-likeness (QED) is 0.659. The molecule has 1 atom stereocenters. The summed E-state index contributed by atoms with van der Waals surface area (Å²) in [5.74, 6) is 0.553. The molecule has 2 amide bonds. The van der Waals surface area contributed by atoms with Crippen LogP contribution >= 0.6 is 0 Å². The first-order valence-electron chi connectivity index (χ1n) is 10.9. The second-order valence-corrected chi connectivity index (χ2v) is 8.90. The first-order chi connectivity index (χ1) is 14.3. The highest BCUT2D eigenvalue weighted by Gasteiger charge is 2.41. The molecule has 7 heteroatoms. The predicted octanol–water partition coefficient (Wildman–Crippen LogP) is 2.83. The Hall–Kier alpha value is -2.12. The Kier molecular flexibility index (Phi) is 7.03. The van der Waals surface area contributed by atoms with Gasteiger partial charge >= 0.3 is 0 Å². The maximum atomic E-state index is 13.4. The van der Waals surface area contributed by atoms with Crippen molar-refractivity contribution in [2.45, 2.75) is 64.6 Å². The van der Waals surface area contributed by atoms with Gasteiger partial charge in [-0.25, -0.2) is 0 Å². The number of ether oxygens (including phenoxy) is 2. The zero-order valence-corrected chi connectivity index (χ0v) is 18.9. The van der Waals surface area contributed by atoms with Gasteiger partial charge in [-0.2, -0.15) is 0 Å². The van der Waals surface area contributed by atoms with Gasteiger partial charge in [0, 0.05) is 44.5 Å². The monoisotopic (exact) mass is 417 g/mol. The van der Waals surface area contributed by atoms with Gasteiger partial charge in [0.25, 0.3) is 11.8 Å². The van der Waals surface area contributed by atoms with Crippen LogP contribution in [0.2, 0.25) is 0 Å². The highest BCUT2D eigenvalue weighted by molar-refractivity contribution is 6.04. The van der Waals surface area contributed by atoms with E-state index in [-0.39, 0.29) is 23.9 Å². The Labute approximate surface area is 179 Å². The number of rotatable bonds is 8. The van der Waals surface area contributed by atoms with Gasteiger partial charge in [0.2, 0.25) is 0 Å². The second kappa shape index (κ2) is 9.35. The third-order valence-electron chi connectivity index (χ3n) is 5.82. The number of amides is 2. The minimum atomic E-state index is -0.931. The summed E-state index contributed by atoms with van der Waals surface area (Å²) < 4.78 is 11.1. The molecule has 0 bridgehead atoms. The lowest BCUT2D eigenvalue weighted by Gasteiger charge is -2.39. The van der Waals surface area contributed by atoms with E-state index in [9.17, 15) is 9.59 Å². The summed E-state index contributed by atoms with van der Waals surface area (Å²) >= 11 is 0. The smallest absolute Gasteiger partial charge is 0.270 e. The van der Waals surface area contributed by atoms with Gasteiger partial charge < -0.3 is 24.6 Å². The number of carbonyl (C=O) groups is 2. The molecule has 0 radical (unpaired) electrons. The molecule has 0 saturated carbocycles. The van der Waals surface area contributed by atoms with Crippen LogP contribution in [0, 0.1) is 0 Å². The fourth-order valence-electron chi connectivity index (χ4n) is 4.29. The van der Waals surface area contributed by atoms with Gasteiger partial charge in [0.1, 0.15) is 5.75 Å². The van der Waals surface area contributed by atoms with Crippen molar-refractivity contribution >= 4 is 17.5 Å². The average molecular weight is 418 g/mol. The molecule has 0 aromatic heterocycles. The zero-order valence-electron chi connectivity index (χ0n) is 18.9. The number of hydrogen-bond donors (Lipinski definition) is 1. The van der Waals surface area contributed by atoms with E-state index in [1.165, 1.54) is 0 Å². The zero-order chi connectivity index (χ0) is 21.9. The molecule has 0 spiro atoms. The van der Waals surface area contributed by atoms with E-state index in [2.05, 4.69) is 5.32 Å². The first-order valence-corrected chi connectivity index (χ1v) is 10.9. The number of benzene rings is 1. The maximum Gasteiger partial charge on any atom is 0.270 e. The standard InChI is InChI=1S/C23H35N3O4/c1-16(2)26(18-10-11-24-15-18)21(27)17-8-9-20-19(14-17)25(12-6-7-13-29-5)22(28)23(3,4)30-20/h8-9,14,16,18,24H,6-7,10-13,15H2,1-5H3. The predicted molar refractivity (Wildman–Crippen MR) is 117 cm³/mol. The van der Waals surface area contributed by atoms with Gasteiger partial charge in [-0.1, -0.05) is 0 Å². The highest BCUT2D eigenvalue weighted by atomic mass is 16.5. The van der Waals surface area contributed by atoms with Crippen molar-refractivity contribution < 1.29 is 19.1 Å². The molecule has 2 heterocycles. The molecule has 7 nitrogen and oxygen atoms in total. The number of hydrogen-bond acceptors (Lipinski definition) is 5. The number of nitrogens with zero attached hydrogens (tertiary/aromatic N) is 2. The third-order valence-corrected chi connectivity index (χ3v) is 5.82. The molecule has 1 aromatic carbocycles. The Morgan fingerprint density at radius 1 is 1.37 bits per heavy atom. The largest absolute Gasteiger partial charge is 0.476 e. The van der Waals surface area contributed by atoms with E-state index in [1.54, 1.807) is 25.9 Å². The molecule has 1 saturated heterocycles. The number of unbranched alkanes of at least 4 members (excludes halogenated alkanes) is 1. The highest BCUT2D eigenvalue weighted by Crippen LogP contribution is 2.39. The van der Waals surface area contributed by atoms with Crippen molar-refractivity contribution in [2.75, 3.05) is 38.3 Å². The van der Waals surface area contributed by atoms with Crippen LogP contribution in [0.5, 0.6) is 5.75 Å². The molecule has 1 N–H and O–H groups in total. The molecule has 2 aliphatic heterocycles. The molecular weight excluding hydrogens is 382 g/mol. The van der Waals surface area contributed by atoms with E-state index >= 15 is 0 Å². The first kappa shape index (κ1) is 22.6. The molecule has 0 aliphatic carbocycles. The molecule has 1 fully saturated rings. The Balaban J connectivity index is 1.90. The van der Waals surface area contributed by atoms with Crippen molar-refractivity contribution in [3.63, 3.8) is 0 Å². The number of fused-ring (bicyclic) bond motifs is 1. The maximum absolute atomic E-state index is 13.4. The van der Waals surface area contributed by atoms with E-state index in [1.807, 2.05) is 36.9 Å². The van der Waals surface area contributed by atoms with Crippen molar-refractivity contribution in [3.05, 3.63) is 23.8 Å². The van der Waals surface area contributed by atoms with Crippen LogP contribution in [-0.4, -0.2) is 67.7 Å². The van der Waals surface area contributed by atoms with Crippen molar-refractivity contribution in [1.29, 1.82) is 0 Å². The number of nitrogens with one attached hydrogen (secondary N) is 1. The molecule has 3 rings (SSSR count). The van der Waals surface area contributed by atoms with Crippen molar-refractivity contribution in [2.24, 2.45) is 0 Å². The van der Waals surface area contributed by atoms with Crippen molar-refractivity contribution in [1.82, 2.24) is 10.2 Å². The SMILES string of the molecule is COCCCCN1C(=O)C(C)(C)Oc2ccc(C(=O)N(C(C)C)C3CCNC3)cc21. The Bertz CT molecular complexity index is 772. The minimum absolute atomic E-state index is 0.00174. The van der Waals surface area contributed by atoms with Gasteiger partial charge in [0.05, 0.1) is 5.69 Å². The summed E-state index contributed by atoms with van der Waals surface area (Å²) in [4.78, 5) is 30.2. The van der Waals surface area contributed by atoms with Crippen LogP contribution < -0.4 is 15.0 Å². The van der Waals surface area contributed by atoms with Gasteiger partial charge in [-0.15, -0.1) is 0 Å². The van der Waals surface area contributed by atoms with E-state index in [0.29, 0.717) is 30.2 Å². The fraction of sp³-hybridized carbons (Fsp3) is 0.652. The normalized spacial score (nSPS) is 20.3. The molecule has 166 valence electrons. The van der Waals surface area contributed by atoms with Gasteiger partial charge in [-0.05, 0) is 71.7 Å². The topological polar surface area (TPSA) is 71.1 Å². The van der Waals surface area contributed by atoms with Crippen LogP contribution in [0.15, 0.2) is 18.2 Å². The minimum Gasteiger partial charge on any atom is -0.476 e. The lowest BCUT2D eigenvalue weighted by atomic mass is 10.0. The van der Waals surface area contributed by atoms with Crippen LogP contribution in [0.4, 0.5) is 5.69 Å². The molecule has 1 aromatic rings. The Morgan fingerprint density at radius 2 is 2.13 bits per heavy atom. The average Bonchev–Trinajstić information content (AvgIpc) is 3.21. The van der Waals surface area contributed by atoms with Gasteiger partial charge in [0.15, 0.2) is 5.60 Å². The summed E-state index contributed by atoms with van der Waals surface area (Å²) in [5, 5.41) is 3.34. The summed E-state index contributed by atoms with van der Waals surface area (Å²) in [6, 6.07) is 5.74. The van der Waals surface area contributed by atoms with Crippen LogP contribution in [0.3, 0.4) is 0 Å². The third kappa shape index (κ3) is 4.62. The Morgan fingerprint density at radius 3 is 2.77 bits per heavy atom. The number of carbonyl (C=O) groups excluding carboxylic acids is 2. The summed E-state index contributed by atoms with van der Waals surface area (Å²) in [5.41, 5.74) is 0.336. The summed E-state index contributed by atoms with van der Waals surface area (Å²) in [6.07, 6.45) is 2.64. The molecule has 2 aliphatic rings. The molecular formula is C23H35N3O4. The summed E-state index contributed by atoms with van der Waals surface area (Å²) in [6.45, 7) is 10.6. The van der Waals surface area contributed by atoms with Gasteiger partial charge in [-0.3, -0.25) is 9.59 Å². The van der Waals surface area contributed by atoms with Crippen LogP contribution in [-0.2, 0) is 9.53 Å². The van der Waals surface area contributed by atoms with Crippen LogP contribution in [0.1, 0.15) is 57.3 Å². The van der Waals surface area contributed by atoms with E-state index in [4.69, 9.17) is 9.47 Å². The lowest BCUT2D eigenvalue weighted by molar-refractivity contribution is -0.132. The number of methoxy groups -OCH3 is 1. The number of anilines is 1. The lowest BCUT2D eigenvalue weighted by Crippen LogP contribution is -2.53. The van der Waals surface area contributed by atoms with E-state index < -0.39 is 5.60 Å². The van der Waals surface area contributed by atoms with Crippen molar-refractivity contribution in [3.8, 4) is 5.75 Å². The summed E-state index contributed by atoms with van der Waals surface area (Å²) in [7, 11) is 1.68. The fourth-order valence-corrected chi connectivity index (χ4v) is 4.29. The van der Waals surface area contributed by atoms with Crippen LogP contribution in [0.25, 0.3) is 0 Å². The molecule has 30 heavy (non-hydrogen) atoms. The molecule has 1 unspecified atom stereocenters. The van der Waals surface area contributed by atoms with E-state index in [0.717, 1.165) is 32.4 Å². The second-order valence-electron chi connectivity index (χ2n) is 8.90.